The van der Waals surface area contributed by atoms with E-state index in [2.05, 4.69) is 22.5 Å². The van der Waals surface area contributed by atoms with Crippen LogP contribution in [0.3, 0.4) is 0 Å². The largest absolute Gasteiger partial charge is 0.361 e. The minimum atomic E-state index is -0.368. The zero-order valence-electron chi connectivity index (χ0n) is 11.5. The first-order valence-corrected chi connectivity index (χ1v) is 6.57. The van der Waals surface area contributed by atoms with E-state index in [9.17, 15) is 10.1 Å². The van der Waals surface area contributed by atoms with E-state index in [1.54, 1.807) is 18.7 Å². The van der Waals surface area contributed by atoms with Crippen molar-refractivity contribution in [3.8, 4) is 0 Å². The number of hydrogen-bond donors (Lipinski definition) is 1. The summed E-state index contributed by atoms with van der Waals surface area (Å²) in [5.41, 5.74) is 3.14. The van der Waals surface area contributed by atoms with Crippen LogP contribution in [-0.4, -0.2) is 20.7 Å². The monoisotopic (exact) mass is 272 g/mol. The number of aromatic nitrogens is 2. The summed E-state index contributed by atoms with van der Waals surface area (Å²) in [7, 11) is 1.73. The normalized spacial score (nSPS) is 14.3. The number of hydrogen-bond acceptors (Lipinski definition) is 4. The predicted molar refractivity (Wildman–Crippen MR) is 75.9 cm³/mol. The molecule has 2 aromatic rings. The predicted octanol–water partition coefficient (Wildman–Crippen LogP) is 2.22. The van der Waals surface area contributed by atoms with Crippen molar-refractivity contribution < 1.29 is 4.92 Å². The van der Waals surface area contributed by atoms with Crippen LogP contribution in [0.1, 0.15) is 16.8 Å². The Morgan fingerprint density at radius 2 is 1.95 bits per heavy atom. The molecule has 1 N–H and O–H groups in total. The lowest BCUT2D eigenvalue weighted by Gasteiger charge is -2.12. The van der Waals surface area contributed by atoms with Crippen LogP contribution in [0.25, 0.3) is 0 Å². The number of anilines is 1. The van der Waals surface area contributed by atoms with Gasteiger partial charge in [0.25, 0.3) is 0 Å². The molecule has 0 aliphatic heterocycles. The smallest absolute Gasteiger partial charge is 0.333 e. The Balaban J connectivity index is 1.86. The molecular formula is C14H16N4O2. The fourth-order valence-electron chi connectivity index (χ4n) is 2.88. The van der Waals surface area contributed by atoms with Crippen molar-refractivity contribution >= 4 is 11.5 Å². The lowest BCUT2D eigenvalue weighted by molar-refractivity contribution is -0.384. The van der Waals surface area contributed by atoms with Crippen LogP contribution in [0, 0.1) is 17.0 Å². The minimum Gasteiger partial charge on any atom is -0.361 e. The first kappa shape index (κ1) is 12.7. The Bertz CT molecular complexity index is 653. The highest BCUT2D eigenvalue weighted by Crippen LogP contribution is 2.31. The molecule has 1 aliphatic rings. The molecule has 3 rings (SSSR count). The van der Waals surface area contributed by atoms with Crippen molar-refractivity contribution in [3.63, 3.8) is 0 Å². The Morgan fingerprint density at radius 1 is 1.35 bits per heavy atom. The summed E-state index contributed by atoms with van der Waals surface area (Å²) >= 11 is 0. The van der Waals surface area contributed by atoms with Gasteiger partial charge in [0.1, 0.15) is 5.69 Å². The highest BCUT2D eigenvalue weighted by atomic mass is 16.6. The van der Waals surface area contributed by atoms with Gasteiger partial charge in [0.05, 0.1) is 4.92 Å². The van der Waals surface area contributed by atoms with E-state index < -0.39 is 0 Å². The van der Waals surface area contributed by atoms with E-state index in [1.807, 2.05) is 12.1 Å². The van der Waals surface area contributed by atoms with Gasteiger partial charge in [0.2, 0.25) is 5.82 Å². The summed E-state index contributed by atoms with van der Waals surface area (Å²) in [6.45, 7) is 1.66. The van der Waals surface area contributed by atoms with E-state index >= 15 is 0 Å². The van der Waals surface area contributed by atoms with E-state index in [1.165, 1.54) is 11.1 Å². The van der Waals surface area contributed by atoms with Gasteiger partial charge in [-0.15, -0.1) is 0 Å². The Morgan fingerprint density at radius 3 is 2.50 bits per heavy atom. The summed E-state index contributed by atoms with van der Waals surface area (Å²) in [5.74, 6) is 0.491. The molecule has 0 bridgehead atoms. The molecule has 1 heterocycles. The molecule has 6 nitrogen and oxygen atoms in total. The van der Waals surface area contributed by atoms with Gasteiger partial charge in [0, 0.05) is 13.1 Å². The van der Waals surface area contributed by atoms with Crippen LogP contribution in [0.4, 0.5) is 11.5 Å². The fraction of sp³-hybridized carbons (Fsp3) is 0.357. The molecule has 0 amide bonds. The Labute approximate surface area is 116 Å². The molecule has 1 aromatic carbocycles. The van der Waals surface area contributed by atoms with Crippen LogP contribution in [0.15, 0.2) is 24.3 Å². The molecule has 104 valence electrons. The summed E-state index contributed by atoms with van der Waals surface area (Å²) in [4.78, 5) is 10.8. The van der Waals surface area contributed by atoms with Gasteiger partial charge in [-0.2, -0.15) is 5.10 Å². The standard InChI is InChI=1S/C14H16N4O2/c1-9-13(18(19)20)14(17(2)16-9)15-12-7-10-5-3-4-6-11(10)8-12/h3-6,12,15H,7-8H2,1-2H3. The number of benzene rings is 1. The SMILES string of the molecule is Cc1nn(C)c(NC2Cc3ccccc3C2)c1[N+](=O)[O-]. The van der Waals surface area contributed by atoms with Gasteiger partial charge in [0.15, 0.2) is 0 Å². The van der Waals surface area contributed by atoms with Gasteiger partial charge >= 0.3 is 5.69 Å². The second-order valence-corrected chi connectivity index (χ2v) is 5.18. The number of fused-ring (bicyclic) bond motifs is 1. The molecule has 1 aliphatic carbocycles. The molecular weight excluding hydrogens is 256 g/mol. The second kappa shape index (κ2) is 4.63. The molecule has 0 saturated heterocycles. The first-order chi connectivity index (χ1) is 9.56. The van der Waals surface area contributed by atoms with Crippen LogP contribution in [0.5, 0.6) is 0 Å². The fourth-order valence-corrected chi connectivity index (χ4v) is 2.88. The third-order valence-electron chi connectivity index (χ3n) is 3.77. The number of rotatable bonds is 3. The van der Waals surface area contributed by atoms with Gasteiger partial charge < -0.3 is 5.32 Å². The average Bonchev–Trinajstić information content (AvgIpc) is 2.90. The number of nitrogens with zero attached hydrogens (tertiary/aromatic N) is 3. The van der Waals surface area contributed by atoms with Crippen molar-refractivity contribution in [3.05, 3.63) is 51.2 Å². The Kier molecular flexibility index (Phi) is 2.93. The number of nitro groups is 1. The molecule has 0 spiro atoms. The lowest BCUT2D eigenvalue weighted by atomic mass is 10.1. The van der Waals surface area contributed by atoms with E-state index in [0.717, 1.165) is 12.8 Å². The third kappa shape index (κ3) is 2.03. The van der Waals surface area contributed by atoms with Gasteiger partial charge in [-0.25, -0.2) is 4.68 Å². The molecule has 1 aromatic heterocycles. The van der Waals surface area contributed by atoms with Crippen LogP contribution in [0.2, 0.25) is 0 Å². The maximum Gasteiger partial charge on any atom is 0.333 e. The summed E-state index contributed by atoms with van der Waals surface area (Å²) < 4.78 is 1.55. The van der Waals surface area contributed by atoms with Crippen molar-refractivity contribution in [1.29, 1.82) is 0 Å². The number of aryl methyl sites for hydroxylation is 2. The molecule has 0 fully saturated rings. The van der Waals surface area contributed by atoms with E-state index in [4.69, 9.17) is 0 Å². The topological polar surface area (TPSA) is 73.0 Å². The molecule has 0 radical (unpaired) electrons. The van der Waals surface area contributed by atoms with Gasteiger partial charge in [-0.3, -0.25) is 10.1 Å². The third-order valence-corrected chi connectivity index (χ3v) is 3.77. The minimum absolute atomic E-state index is 0.0726. The molecule has 20 heavy (non-hydrogen) atoms. The lowest BCUT2D eigenvalue weighted by Crippen LogP contribution is -2.21. The van der Waals surface area contributed by atoms with Crippen LogP contribution < -0.4 is 5.32 Å². The van der Waals surface area contributed by atoms with E-state index in [0.29, 0.717) is 11.5 Å². The van der Waals surface area contributed by atoms with Gasteiger partial charge in [-0.05, 0) is 30.9 Å². The molecule has 6 heteroatoms. The van der Waals surface area contributed by atoms with Crippen LogP contribution >= 0.6 is 0 Å². The second-order valence-electron chi connectivity index (χ2n) is 5.18. The summed E-state index contributed by atoms with van der Waals surface area (Å²) in [5, 5.41) is 18.6. The molecule has 0 atom stereocenters. The Hall–Kier alpha value is -2.37. The van der Waals surface area contributed by atoms with Crippen molar-refractivity contribution in [2.75, 3.05) is 5.32 Å². The van der Waals surface area contributed by atoms with Crippen molar-refractivity contribution in [2.45, 2.75) is 25.8 Å². The van der Waals surface area contributed by atoms with Crippen LogP contribution in [-0.2, 0) is 19.9 Å². The zero-order valence-corrected chi connectivity index (χ0v) is 11.5. The summed E-state index contributed by atoms with van der Waals surface area (Å²) in [6.07, 6.45) is 1.77. The summed E-state index contributed by atoms with van der Waals surface area (Å²) in [6, 6.07) is 8.45. The van der Waals surface area contributed by atoms with Gasteiger partial charge in [-0.1, -0.05) is 24.3 Å². The highest BCUT2D eigenvalue weighted by molar-refractivity contribution is 5.60. The zero-order chi connectivity index (χ0) is 14.3. The maximum atomic E-state index is 11.2. The average molecular weight is 272 g/mol. The first-order valence-electron chi connectivity index (χ1n) is 6.57. The highest BCUT2D eigenvalue weighted by Gasteiger charge is 2.28. The molecule has 0 saturated carbocycles. The van der Waals surface area contributed by atoms with E-state index in [-0.39, 0.29) is 16.7 Å². The number of nitrogens with one attached hydrogen (secondary N) is 1. The maximum absolute atomic E-state index is 11.2. The van der Waals surface area contributed by atoms with Crippen molar-refractivity contribution in [1.82, 2.24) is 9.78 Å². The quantitative estimate of drug-likeness (QED) is 0.686. The molecule has 0 unspecified atom stereocenters. The van der Waals surface area contributed by atoms with Crippen molar-refractivity contribution in [2.24, 2.45) is 7.05 Å².